The molecule has 0 aliphatic heterocycles. The zero-order chi connectivity index (χ0) is 22.0. The van der Waals surface area contributed by atoms with E-state index in [0.29, 0.717) is 4.48 Å². The van der Waals surface area contributed by atoms with E-state index in [1.807, 2.05) is 21.1 Å². The zero-order valence-electron chi connectivity index (χ0n) is 20.4. The molecule has 0 saturated carbocycles. The summed E-state index contributed by atoms with van der Waals surface area (Å²) in [5.41, 5.74) is 0. The number of nitrogens with zero attached hydrogens (tertiary/aromatic N) is 1. The molecule has 2 unspecified atom stereocenters. The molecule has 2 atom stereocenters. The van der Waals surface area contributed by atoms with Gasteiger partial charge >= 0.3 is 8.03 Å². The largest absolute Gasteiger partial charge is 0.590 e. The molecule has 0 bridgehead atoms. The Hall–Kier alpha value is -0.240. The predicted octanol–water partition coefficient (Wildman–Crippen LogP) is 7.72. The lowest BCUT2D eigenvalue weighted by atomic mass is 9.99. The second-order valence-electron chi connectivity index (χ2n) is 9.69. The second-order valence-corrected chi connectivity index (χ2v) is 11.0. The van der Waals surface area contributed by atoms with Crippen molar-refractivity contribution in [3.63, 3.8) is 0 Å². The summed E-state index contributed by atoms with van der Waals surface area (Å²) in [4.78, 5) is 12.1. The Labute approximate surface area is 183 Å². The Balaban J connectivity index is 3.77. The first-order valence-electron chi connectivity index (χ1n) is 12.4. The van der Waals surface area contributed by atoms with Gasteiger partial charge in [-0.3, -0.25) is 4.48 Å². The Morgan fingerprint density at radius 1 is 0.690 bits per heavy atom. The summed E-state index contributed by atoms with van der Waals surface area (Å²) in [5.74, 6) is 0. The predicted molar refractivity (Wildman–Crippen MR) is 127 cm³/mol. The van der Waals surface area contributed by atoms with Gasteiger partial charge in [-0.2, -0.15) is 0 Å². The van der Waals surface area contributed by atoms with Gasteiger partial charge in [0.25, 0.3) is 5.28 Å². The fourth-order valence-electron chi connectivity index (χ4n) is 4.28. The summed E-state index contributed by atoms with van der Waals surface area (Å²) in [7, 11) is 3.66. The SMILES string of the molecule is CCCCCCCCC/C=C\CCCCCCCC(CCC)([P+](=O)[O-])[N+](C)(C)C. The molecule has 172 valence electrons. The second kappa shape index (κ2) is 17.4. The molecule has 0 N–H and O–H groups in total. The van der Waals surface area contributed by atoms with Crippen LogP contribution in [0.5, 0.6) is 0 Å². The maximum absolute atomic E-state index is 12.1. The van der Waals surface area contributed by atoms with E-state index in [0.717, 1.165) is 32.1 Å². The molecular weight excluding hydrogens is 377 g/mol. The van der Waals surface area contributed by atoms with Gasteiger partial charge in [0, 0.05) is 12.8 Å². The highest BCUT2D eigenvalue weighted by molar-refractivity contribution is 7.38. The van der Waals surface area contributed by atoms with Crippen molar-refractivity contribution in [1.29, 1.82) is 0 Å². The Morgan fingerprint density at radius 3 is 1.55 bits per heavy atom. The molecule has 0 aromatic carbocycles. The number of unbranched alkanes of at least 4 members (excludes halogenated alkanes) is 12. The molecular formula is C25H51NO2P+. The van der Waals surface area contributed by atoms with Crippen LogP contribution in [0, 0.1) is 0 Å². The van der Waals surface area contributed by atoms with Crippen molar-refractivity contribution in [2.75, 3.05) is 21.1 Å². The highest BCUT2D eigenvalue weighted by Gasteiger charge is 2.53. The van der Waals surface area contributed by atoms with Crippen molar-refractivity contribution in [2.45, 2.75) is 128 Å². The van der Waals surface area contributed by atoms with Crippen molar-refractivity contribution < 1.29 is 13.9 Å². The fourth-order valence-corrected chi connectivity index (χ4v) is 5.52. The highest BCUT2D eigenvalue weighted by Crippen LogP contribution is 2.45. The lowest BCUT2D eigenvalue weighted by molar-refractivity contribution is -0.910. The van der Waals surface area contributed by atoms with Crippen LogP contribution in [-0.4, -0.2) is 30.9 Å². The molecule has 0 heterocycles. The van der Waals surface area contributed by atoms with Crippen molar-refractivity contribution in [3.8, 4) is 0 Å². The van der Waals surface area contributed by atoms with Crippen LogP contribution in [0.1, 0.15) is 123 Å². The van der Waals surface area contributed by atoms with E-state index >= 15 is 0 Å². The first-order valence-corrected chi connectivity index (χ1v) is 13.6. The van der Waals surface area contributed by atoms with Crippen LogP contribution in [0.25, 0.3) is 0 Å². The quantitative estimate of drug-likeness (QED) is 0.0861. The van der Waals surface area contributed by atoms with Crippen molar-refractivity contribution >= 4 is 8.03 Å². The fraction of sp³-hybridized carbons (Fsp3) is 0.920. The number of quaternary nitrogens is 1. The van der Waals surface area contributed by atoms with E-state index in [1.54, 1.807) is 0 Å². The van der Waals surface area contributed by atoms with Gasteiger partial charge in [0.15, 0.2) is 0 Å². The molecule has 29 heavy (non-hydrogen) atoms. The van der Waals surface area contributed by atoms with Crippen LogP contribution in [0.15, 0.2) is 12.2 Å². The molecule has 0 fully saturated rings. The van der Waals surface area contributed by atoms with Gasteiger partial charge in [-0.1, -0.05) is 88.4 Å². The van der Waals surface area contributed by atoms with Gasteiger partial charge < -0.3 is 4.89 Å². The van der Waals surface area contributed by atoms with Crippen LogP contribution < -0.4 is 4.89 Å². The molecule has 0 aliphatic carbocycles. The minimum atomic E-state index is -2.42. The summed E-state index contributed by atoms with van der Waals surface area (Å²) in [5, 5.41) is -0.594. The van der Waals surface area contributed by atoms with Gasteiger partial charge in [0.1, 0.15) is 0 Å². The van der Waals surface area contributed by atoms with Crippen LogP contribution in [0.3, 0.4) is 0 Å². The van der Waals surface area contributed by atoms with E-state index in [-0.39, 0.29) is 0 Å². The van der Waals surface area contributed by atoms with Crippen LogP contribution >= 0.6 is 8.03 Å². The van der Waals surface area contributed by atoms with E-state index in [4.69, 9.17) is 0 Å². The van der Waals surface area contributed by atoms with Crippen molar-refractivity contribution in [3.05, 3.63) is 12.2 Å². The summed E-state index contributed by atoms with van der Waals surface area (Å²) >= 11 is 0. The Bertz CT molecular complexity index is 431. The summed E-state index contributed by atoms with van der Waals surface area (Å²) in [6.07, 6.45) is 25.3. The lowest BCUT2D eigenvalue weighted by Gasteiger charge is -2.39. The molecule has 0 aromatic rings. The zero-order valence-corrected chi connectivity index (χ0v) is 21.3. The summed E-state index contributed by atoms with van der Waals surface area (Å²) < 4.78 is 12.6. The molecule has 0 spiro atoms. The third kappa shape index (κ3) is 12.9. The topological polar surface area (TPSA) is 40.1 Å². The number of rotatable bonds is 20. The van der Waals surface area contributed by atoms with Gasteiger partial charge in [0.05, 0.1) is 21.1 Å². The van der Waals surface area contributed by atoms with Crippen LogP contribution in [-0.2, 0) is 4.57 Å². The first-order chi connectivity index (χ1) is 13.8. The smallest absolute Gasteiger partial charge is 0.376 e. The minimum absolute atomic E-state index is 0.517. The van der Waals surface area contributed by atoms with E-state index in [1.165, 1.54) is 77.0 Å². The maximum Gasteiger partial charge on any atom is 0.376 e. The van der Waals surface area contributed by atoms with Gasteiger partial charge in [-0.15, -0.1) is 0 Å². The van der Waals surface area contributed by atoms with Crippen LogP contribution in [0.2, 0.25) is 0 Å². The standard InChI is InChI=1S/C25H51NO2P/c1-6-8-9-10-11-12-13-14-15-16-17-18-19-20-21-22-24-25(23-7-2,29(27)28)26(3,4)5/h15-16H,6-14,17-24H2,1-5H3/q+1/b16-15-. The molecule has 0 rings (SSSR count). The normalized spacial score (nSPS) is 15.0. The van der Waals surface area contributed by atoms with Gasteiger partial charge in [-0.25, -0.2) is 0 Å². The number of allylic oxidation sites excluding steroid dienone is 2. The molecule has 0 saturated heterocycles. The summed E-state index contributed by atoms with van der Waals surface area (Å²) in [6.45, 7) is 4.36. The van der Waals surface area contributed by atoms with Crippen molar-refractivity contribution in [1.82, 2.24) is 0 Å². The minimum Gasteiger partial charge on any atom is -0.590 e. The van der Waals surface area contributed by atoms with Crippen LogP contribution in [0.4, 0.5) is 0 Å². The molecule has 0 aromatic heterocycles. The summed E-state index contributed by atoms with van der Waals surface area (Å²) in [6, 6.07) is 0. The first kappa shape index (κ1) is 28.8. The maximum atomic E-state index is 12.1. The lowest BCUT2D eigenvalue weighted by Crippen LogP contribution is -2.55. The monoisotopic (exact) mass is 428 g/mol. The molecule has 3 nitrogen and oxygen atoms in total. The van der Waals surface area contributed by atoms with E-state index in [9.17, 15) is 9.46 Å². The van der Waals surface area contributed by atoms with E-state index < -0.39 is 13.3 Å². The van der Waals surface area contributed by atoms with Gasteiger partial charge in [0.2, 0.25) is 0 Å². The Kier molecular flexibility index (Phi) is 17.3. The third-order valence-corrected chi connectivity index (χ3v) is 8.05. The molecule has 0 aliphatic rings. The average molecular weight is 429 g/mol. The van der Waals surface area contributed by atoms with Gasteiger partial charge in [-0.05, 0) is 38.5 Å². The molecule has 0 radical (unpaired) electrons. The Morgan fingerprint density at radius 2 is 1.14 bits per heavy atom. The number of hydrogen-bond acceptors (Lipinski definition) is 2. The van der Waals surface area contributed by atoms with Crippen molar-refractivity contribution in [2.24, 2.45) is 0 Å². The van der Waals surface area contributed by atoms with E-state index in [2.05, 4.69) is 26.0 Å². The molecule has 0 amide bonds. The third-order valence-electron chi connectivity index (χ3n) is 6.33. The highest BCUT2D eigenvalue weighted by atomic mass is 31.1. The number of hydrogen-bond donors (Lipinski definition) is 0. The molecule has 4 heteroatoms. The average Bonchev–Trinajstić information content (AvgIpc) is 2.65.